The Kier molecular flexibility index (Phi) is 5.17. The zero-order valence-electron chi connectivity index (χ0n) is 17.1. The Morgan fingerprint density at radius 3 is 2.58 bits per heavy atom. The van der Waals surface area contributed by atoms with E-state index in [0.29, 0.717) is 18.6 Å². The summed E-state index contributed by atoms with van der Waals surface area (Å²) in [6, 6.07) is -0.0492. The lowest BCUT2D eigenvalue weighted by Gasteiger charge is -2.37. The Hall–Kier alpha value is -1.07. The molecule has 1 spiro atoms. The number of nitrogens with zero attached hydrogens (tertiary/aromatic N) is 1. The second kappa shape index (κ2) is 6.83. The lowest BCUT2D eigenvalue weighted by Crippen LogP contribution is -2.45. The molecule has 1 atom stereocenters. The van der Waals surface area contributed by atoms with Crippen LogP contribution in [-0.2, 0) is 4.43 Å². The molecule has 3 aliphatic rings. The third-order valence-corrected chi connectivity index (χ3v) is 11.6. The third kappa shape index (κ3) is 4.25. The zero-order valence-corrected chi connectivity index (χ0v) is 18.1. The van der Waals surface area contributed by atoms with Gasteiger partial charge in [0.1, 0.15) is 0 Å². The van der Waals surface area contributed by atoms with Crippen molar-refractivity contribution in [2.45, 2.75) is 83.5 Å². The maximum absolute atomic E-state index is 11.7. The molecule has 0 aromatic heterocycles. The van der Waals surface area contributed by atoms with Gasteiger partial charge in [0.25, 0.3) is 0 Å². The minimum Gasteiger partial charge on any atom is -0.465 e. The van der Waals surface area contributed by atoms with E-state index < -0.39 is 14.4 Å². The summed E-state index contributed by atoms with van der Waals surface area (Å²) in [5, 5.41) is 9.76. The molecule has 0 aromatic rings. The van der Waals surface area contributed by atoms with Gasteiger partial charge in [0, 0.05) is 6.54 Å². The molecule has 26 heavy (non-hydrogen) atoms. The van der Waals surface area contributed by atoms with Crippen LogP contribution in [0.4, 0.5) is 4.79 Å². The highest BCUT2D eigenvalue weighted by atomic mass is 28.4. The molecular weight excluding hydrogens is 342 g/mol. The maximum atomic E-state index is 11.7. The van der Waals surface area contributed by atoms with Crippen LogP contribution < -0.4 is 0 Å². The van der Waals surface area contributed by atoms with Crippen molar-refractivity contribution in [2.24, 2.45) is 5.41 Å². The number of rotatable bonds is 4. The summed E-state index contributed by atoms with van der Waals surface area (Å²) in [4.78, 5) is 13.3. The van der Waals surface area contributed by atoms with Crippen LogP contribution in [0.2, 0.25) is 18.1 Å². The first-order chi connectivity index (χ1) is 12.0. The predicted molar refractivity (Wildman–Crippen MR) is 108 cm³/mol. The van der Waals surface area contributed by atoms with Gasteiger partial charge in [0.2, 0.25) is 0 Å². The Morgan fingerprint density at radius 1 is 1.38 bits per heavy atom. The molecule has 2 fully saturated rings. The van der Waals surface area contributed by atoms with E-state index in [0.717, 1.165) is 12.8 Å². The lowest BCUT2D eigenvalue weighted by atomic mass is 9.86. The number of carbonyl (C=O) groups is 1. The summed E-state index contributed by atoms with van der Waals surface area (Å²) >= 11 is 0. The van der Waals surface area contributed by atoms with Crippen LogP contribution in [0, 0.1) is 5.41 Å². The van der Waals surface area contributed by atoms with Crippen molar-refractivity contribution in [2.75, 3.05) is 13.2 Å². The molecule has 1 saturated carbocycles. The van der Waals surface area contributed by atoms with Crippen LogP contribution in [0.25, 0.3) is 0 Å². The van der Waals surface area contributed by atoms with E-state index in [1.807, 2.05) is 0 Å². The lowest BCUT2D eigenvalue weighted by molar-refractivity contribution is 0.120. The van der Waals surface area contributed by atoms with Crippen LogP contribution in [0.1, 0.15) is 59.3 Å². The molecule has 0 radical (unpaired) electrons. The Balaban J connectivity index is 1.64. The van der Waals surface area contributed by atoms with Crippen molar-refractivity contribution in [3.8, 4) is 0 Å². The summed E-state index contributed by atoms with van der Waals surface area (Å²) in [6.45, 7) is 12.2. The van der Waals surface area contributed by atoms with E-state index in [9.17, 15) is 9.90 Å². The molecule has 1 amide bonds. The molecule has 1 saturated heterocycles. The van der Waals surface area contributed by atoms with E-state index >= 15 is 0 Å². The third-order valence-electron chi connectivity index (χ3n) is 7.09. The van der Waals surface area contributed by atoms with Crippen LogP contribution in [0.3, 0.4) is 0 Å². The van der Waals surface area contributed by atoms with Gasteiger partial charge in [-0.15, -0.1) is 0 Å². The van der Waals surface area contributed by atoms with Crippen molar-refractivity contribution >= 4 is 14.4 Å². The summed E-state index contributed by atoms with van der Waals surface area (Å²) in [7, 11) is -1.86. The Labute approximate surface area is 159 Å². The van der Waals surface area contributed by atoms with Gasteiger partial charge in [0.05, 0.1) is 12.6 Å². The molecule has 5 heteroatoms. The SMILES string of the molecule is CC(C)(C)[Si](C)(C)OC[C@@H]1C/C(=C/C2=CCC3(CC2)CC3)CN1C(=O)O. The van der Waals surface area contributed by atoms with E-state index in [1.54, 1.807) is 4.90 Å². The van der Waals surface area contributed by atoms with Crippen LogP contribution in [-0.4, -0.2) is 43.6 Å². The van der Waals surface area contributed by atoms with E-state index in [-0.39, 0.29) is 11.1 Å². The highest BCUT2D eigenvalue weighted by molar-refractivity contribution is 6.74. The predicted octanol–water partition coefficient (Wildman–Crippen LogP) is 5.58. The molecule has 146 valence electrons. The first kappa shape index (κ1) is 19.7. The number of hydrogen-bond donors (Lipinski definition) is 1. The van der Waals surface area contributed by atoms with E-state index in [1.165, 1.54) is 36.8 Å². The van der Waals surface area contributed by atoms with Crippen molar-refractivity contribution < 1.29 is 14.3 Å². The normalized spacial score (nSPS) is 27.1. The fourth-order valence-electron chi connectivity index (χ4n) is 3.81. The average Bonchev–Trinajstić information content (AvgIpc) is 3.16. The van der Waals surface area contributed by atoms with E-state index in [4.69, 9.17) is 4.43 Å². The molecule has 3 rings (SSSR count). The maximum Gasteiger partial charge on any atom is 0.407 e. The van der Waals surface area contributed by atoms with Gasteiger partial charge in [-0.25, -0.2) is 4.79 Å². The first-order valence-corrected chi connectivity index (χ1v) is 12.9. The molecule has 1 aliphatic heterocycles. The highest BCUT2D eigenvalue weighted by Gasteiger charge is 2.43. The minimum absolute atomic E-state index is 0.0492. The fourth-order valence-corrected chi connectivity index (χ4v) is 4.85. The molecule has 4 nitrogen and oxygen atoms in total. The molecule has 1 heterocycles. The summed E-state index contributed by atoms with van der Waals surface area (Å²) < 4.78 is 6.32. The molecule has 1 N–H and O–H groups in total. The summed E-state index contributed by atoms with van der Waals surface area (Å²) in [5.74, 6) is 0. The van der Waals surface area contributed by atoms with Gasteiger partial charge >= 0.3 is 6.09 Å². The Bertz CT molecular complexity index is 626. The standard InChI is InChI=1S/C21H35NO3Si/c1-20(2,3)26(4,5)25-15-18-13-17(14-22(18)19(23)24)12-16-6-8-21(9-7-16)10-11-21/h6,12,18H,7-11,13-15H2,1-5H3,(H,23,24)/b17-12-/t18-/m0/s1. The van der Waals surface area contributed by atoms with Gasteiger partial charge in [-0.2, -0.15) is 0 Å². The Morgan fingerprint density at radius 2 is 2.08 bits per heavy atom. The fraction of sp³-hybridized carbons (Fsp3) is 0.762. The van der Waals surface area contributed by atoms with Crippen molar-refractivity contribution in [1.82, 2.24) is 4.90 Å². The highest BCUT2D eigenvalue weighted by Crippen LogP contribution is 2.55. The second-order valence-electron chi connectivity index (χ2n) is 10.1. The minimum atomic E-state index is -1.86. The average molecular weight is 378 g/mol. The monoisotopic (exact) mass is 377 g/mol. The number of allylic oxidation sites excluding steroid dienone is 3. The van der Waals surface area contributed by atoms with Gasteiger partial charge in [0.15, 0.2) is 8.32 Å². The van der Waals surface area contributed by atoms with Crippen LogP contribution in [0.15, 0.2) is 23.3 Å². The largest absolute Gasteiger partial charge is 0.465 e. The second-order valence-corrected chi connectivity index (χ2v) is 14.9. The smallest absolute Gasteiger partial charge is 0.407 e. The van der Waals surface area contributed by atoms with Crippen molar-refractivity contribution in [1.29, 1.82) is 0 Å². The first-order valence-electron chi connectivity index (χ1n) is 10.0. The molecular formula is C21H35NO3Si. The molecule has 2 aliphatic carbocycles. The van der Waals surface area contributed by atoms with Gasteiger partial charge in [-0.3, -0.25) is 4.90 Å². The van der Waals surface area contributed by atoms with E-state index in [2.05, 4.69) is 46.0 Å². The van der Waals surface area contributed by atoms with Crippen LogP contribution in [0.5, 0.6) is 0 Å². The quantitative estimate of drug-likeness (QED) is 0.651. The van der Waals surface area contributed by atoms with Gasteiger partial charge in [-0.1, -0.05) is 38.5 Å². The van der Waals surface area contributed by atoms with Gasteiger partial charge < -0.3 is 9.53 Å². The number of likely N-dealkylation sites (tertiary alicyclic amines) is 1. The number of carboxylic acid groups (broad SMARTS) is 1. The summed E-state index contributed by atoms with van der Waals surface area (Å²) in [6.07, 6.45) is 11.1. The topological polar surface area (TPSA) is 49.8 Å². The molecule has 0 bridgehead atoms. The van der Waals surface area contributed by atoms with Gasteiger partial charge in [-0.05, 0) is 67.6 Å². The number of amides is 1. The zero-order chi connectivity index (χ0) is 19.2. The van der Waals surface area contributed by atoms with Crippen molar-refractivity contribution in [3.05, 3.63) is 23.3 Å². The molecule has 0 aromatic carbocycles. The molecule has 0 unspecified atom stereocenters. The van der Waals surface area contributed by atoms with Crippen molar-refractivity contribution in [3.63, 3.8) is 0 Å². The number of hydrogen-bond acceptors (Lipinski definition) is 2. The summed E-state index contributed by atoms with van der Waals surface area (Å²) in [5.41, 5.74) is 3.30. The van der Waals surface area contributed by atoms with Crippen LogP contribution >= 0.6 is 0 Å².